The van der Waals surface area contributed by atoms with Crippen LogP contribution in [-0.4, -0.2) is 21.1 Å². The van der Waals surface area contributed by atoms with E-state index in [4.69, 9.17) is 5.73 Å². The molecule has 0 fully saturated rings. The van der Waals surface area contributed by atoms with Crippen LogP contribution in [0.2, 0.25) is 0 Å². The van der Waals surface area contributed by atoms with Gasteiger partial charge in [-0.2, -0.15) is 0 Å². The second-order valence-electron chi connectivity index (χ2n) is 2.92. The van der Waals surface area contributed by atoms with E-state index in [1.807, 2.05) is 11.6 Å². The SMILES string of the molecule is Cn1cnc2cncc(C#CCN)c21. The molecule has 2 N–H and O–H groups in total. The molecule has 0 amide bonds. The lowest BCUT2D eigenvalue weighted by Crippen LogP contribution is -1.94. The minimum absolute atomic E-state index is 0.355. The Balaban J connectivity index is 2.69. The average Bonchev–Trinajstić information content (AvgIpc) is 2.58. The minimum atomic E-state index is 0.355. The second kappa shape index (κ2) is 3.48. The van der Waals surface area contributed by atoms with Crippen LogP contribution in [0.4, 0.5) is 0 Å². The number of imidazole rings is 1. The Kier molecular flexibility index (Phi) is 2.17. The van der Waals surface area contributed by atoms with Crippen molar-refractivity contribution in [2.24, 2.45) is 12.8 Å². The molecule has 4 nitrogen and oxygen atoms in total. The van der Waals surface area contributed by atoms with E-state index in [-0.39, 0.29) is 0 Å². The number of pyridine rings is 1. The standard InChI is InChI=1S/C10H10N4/c1-14-7-13-9-6-12-5-8(10(9)14)3-2-4-11/h5-7H,4,11H2,1H3. The molecule has 14 heavy (non-hydrogen) atoms. The van der Waals surface area contributed by atoms with Crippen molar-refractivity contribution in [3.63, 3.8) is 0 Å². The highest BCUT2D eigenvalue weighted by Gasteiger charge is 2.03. The molecule has 70 valence electrons. The van der Waals surface area contributed by atoms with Crippen molar-refractivity contribution in [1.82, 2.24) is 14.5 Å². The molecule has 0 aliphatic rings. The number of nitrogens with two attached hydrogens (primary N) is 1. The fourth-order valence-electron chi connectivity index (χ4n) is 1.35. The van der Waals surface area contributed by atoms with Crippen LogP contribution in [0.15, 0.2) is 18.7 Å². The lowest BCUT2D eigenvalue weighted by Gasteiger charge is -1.96. The quantitative estimate of drug-likeness (QED) is 0.601. The van der Waals surface area contributed by atoms with E-state index in [1.54, 1.807) is 18.7 Å². The molecule has 0 aromatic carbocycles. The molecule has 2 aromatic heterocycles. The summed E-state index contributed by atoms with van der Waals surface area (Å²) in [6.07, 6.45) is 5.20. The van der Waals surface area contributed by atoms with Gasteiger partial charge in [0.15, 0.2) is 0 Å². The maximum absolute atomic E-state index is 5.32. The number of hydrogen-bond acceptors (Lipinski definition) is 3. The number of fused-ring (bicyclic) bond motifs is 1. The molecule has 0 saturated heterocycles. The first kappa shape index (κ1) is 8.73. The second-order valence-corrected chi connectivity index (χ2v) is 2.92. The molecule has 0 unspecified atom stereocenters. The highest BCUT2D eigenvalue weighted by Crippen LogP contribution is 2.13. The zero-order chi connectivity index (χ0) is 9.97. The largest absolute Gasteiger partial charge is 0.333 e. The smallest absolute Gasteiger partial charge is 0.108 e. The van der Waals surface area contributed by atoms with Gasteiger partial charge in [0.25, 0.3) is 0 Å². The highest BCUT2D eigenvalue weighted by atomic mass is 15.0. The van der Waals surface area contributed by atoms with Gasteiger partial charge in [0.05, 0.1) is 30.1 Å². The van der Waals surface area contributed by atoms with Gasteiger partial charge < -0.3 is 10.3 Å². The van der Waals surface area contributed by atoms with Gasteiger partial charge in [0.2, 0.25) is 0 Å². The van der Waals surface area contributed by atoms with Crippen molar-refractivity contribution in [3.05, 3.63) is 24.3 Å². The van der Waals surface area contributed by atoms with Crippen LogP contribution < -0.4 is 5.73 Å². The molecule has 0 radical (unpaired) electrons. The first-order valence-corrected chi connectivity index (χ1v) is 4.27. The van der Waals surface area contributed by atoms with Crippen molar-refractivity contribution >= 4 is 11.0 Å². The molecule has 0 aliphatic carbocycles. The number of aromatic nitrogens is 3. The summed E-state index contributed by atoms with van der Waals surface area (Å²) in [6.45, 7) is 0.355. The maximum Gasteiger partial charge on any atom is 0.108 e. The van der Waals surface area contributed by atoms with Crippen molar-refractivity contribution in [3.8, 4) is 11.8 Å². The fourth-order valence-corrected chi connectivity index (χ4v) is 1.35. The van der Waals surface area contributed by atoms with E-state index in [1.165, 1.54) is 0 Å². The van der Waals surface area contributed by atoms with Crippen LogP contribution in [0, 0.1) is 11.8 Å². The zero-order valence-corrected chi connectivity index (χ0v) is 7.86. The van der Waals surface area contributed by atoms with Crippen LogP contribution in [0.5, 0.6) is 0 Å². The number of hydrogen-bond donors (Lipinski definition) is 1. The summed E-state index contributed by atoms with van der Waals surface area (Å²) in [4.78, 5) is 8.25. The predicted molar refractivity (Wildman–Crippen MR) is 54.4 cm³/mol. The molecule has 2 rings (SSSR count). The lowest BCUT2D eigenvalue weighted by molar-refractivity contribution is 0.946. The first-order valence-electron chi connectivity index (χ1n) is 4.27. The minimum Gasteiger partial charge on any atom is -0.333 e. The molecule has 0 saturated carbocycles. The van der Waals surface area contributed by atoms with Gasteiger partial charge >= 0.3 is 0 Å². The van der Waals surface area contributed by atoms with Gasteiger partial charge in [-0.3, -0.25) is 4.98 Å². The lowest BCUT2D eigenvalue weighted by atomic mass is 10.2. The molecule has 2 aromatic rings. The third-order valence-corrected chi connectivity index (χ3v) is 1.95. The summed E-state index contributed by atoms with van der Waals surface area (Å²) in [7, 11) is 1.93. The van der Waals surface area contributed by atoms with E-state index < -0.39 is 0 Å². The van der Waals surface area contributed by atoms with E-state index in [0.717, 1.165) is 16.6 Å². The van der Waals surface area contributed by atoms with Crippen molar-refractivity contribution in [2.75, 3.05) is 6.54 Å². The van der Waals surface area contributed by atoms with Gasteiger partial charge in [0, 0.05) is 13.2 Å². The normalized spacial score (nSPS) is 9.86. The van der Waals surface area contributed by atoms with E-state index in [2.05, 4.69) is 21.8 Å². The summed E-state index contributed by atoms with van der Waals surface area (Å²) in [5.41, 5.74) is 8.04. The van der Waals surface area contributed by atoms with Gasteiger partial charge in [-0.25, -0.2) is 4.98 Å². The van der Waals surface area contributed by atoms with E-state index in [9.17, 15) is 0 Å². The Morgan fingerprint density at radius 3 is 3.14 bits per heavy atom. The molecule has 0 aliphatic heterocycles. The fraction of sp³-hybridized carbons (Fsp3) is 0.200. The van der Waals surface area contributed by atoms with Crippen molar-refractivity contribution < 1.29 is 0 Å². The Bertz CT molecular complexity index is 516. The molecule has 0 spiro atoms. The number of nitrogens with zero attached hydrogens (tertiary/aromatic N) is 3. The third-order valence-electron chi connectivity index (χ3n) is 1.95. The molecule has 2 heterocycles. The number of aryl methyl sites for hydroxylation is 1. The van der Waals surface area contributed by atoms with Crippen LogP contribution in [0.3, 0.4) is 0 Å². The molecular formula is C10H10N4. The molecule has 0 bridgehead atoms. The average molecular weight is 186 g/mol. The van der Waals surface area contributed by atoms with E-state index >= 15 is 0 Å². The Morgan fingerprint density at radius 1 is 1.50 bits per heavy atom. The number of rotatable bonds is 0. The molecule has 0 atom stereocenters. The third kappa shape index (κ3) is 1.34. The van der Waals surface area contributed by atoms with Gasteiger partial charge in [-0.05, 0) is 0 Å². The summed E-state index contributed by atoms with van der Waals surface area (Å²) < 4.78 is 1.93. The Labute approximate surface area is 81.8 Å². The van der Waals surface area contributed by atoms with Gasteiger partial charge in [0.1, 0.15) is 5.52 Å². The highest BCUT2D eigenvalue weighted by molar-refractivity contribution is 5.80. The van der Waals surface area contributed by atoms with Crippen LogP contribution in [0.1, 0.15) is 5.56 Å². The van der Waals surface area contributed by atoms with Gasteiger partial charge in [-0.15, -0.1) is 0 Å². The molecular weight excluding hydrogens is 176 g/mol. The summed E-state index contributed by atoms with van der Waals surface area (Å²) in [6, 6.07) is 0. The van der Waals surface area contributed by atoms with Crippen molar-refractivity contribution in [1.29, 1.82) is 0 Å². The van der Waals surface area contributed by atoms with Gasteiger partial charge in [-0.1, -0.05) is 11.8 Å². The summed E-state index contributed by atoms with van der Waals surface area (Å²) >= 11 is 0. The van der Waals surface area contributed by atoms with E-state index in [0.29, 0.717) is 6.54 Å². The zero-order valence-electron chi connectivity index (χ0n) is 7.86. The molecule has 4 heteroatoms. The maximum atomic E-state index is 5.32. The summed E-state index contributed by atoms with van der Waals surface area (Å²) in [5.74, 6) is 5.79. The topological polar surface area (TPSA) is 56.7 Å². The monoisotopic (exact) mass is 186 g/mol. The van der Waals surface area contributed by atoms with Crippen LogP contribution in [-0.2, 0) is 7.05 Å². The first-order chi connectivity index (χ1) is 6.83. The Hall–Kier alpha value is -1.86. The Morgan fingerprint density at radius 2 is 2.36 bits per heavy atom. The van der Waals surface area contributed by atoms with Crippen LogP contribution in [0.25, 0.3) is 11.0 Å². The predicted octanol–water partition coefficient (Wildman–Crippen LogP) is 0.278. The van der Waals surface area contributed by atoms with Crippen LogP contribution >= 0.6 is 0 Å². The van der Waals surface area contributed by atoms with Crippen molar-refractivity contribution in [2.45, 2.75) is 0 Å². The summed E-state index contributed by atoms with van der Waals surface area (Å²) in [5, 5.41) is 0.